The van der Waals surface area contributed by atoms with E-state index in [2.05, 4.69) is 9.98 Å². The van der Waals surface area contributed by atoms with E-state index in [1.165, 1.54) is 24.3 Å². The van der Waals surface area contributed by atoms with E-state index in [-0.39, 0.29) is 22.6 Å². The first-order valence-corrected chi connectivity index (χ1v) is 7.27. The molecule has 0 heterocycles. The average Bonchev–Trinajstić information content (AvgIpc) is 2.28. The number of nitrogens with zero attached hydrogens (tertiary/aromatic N) is 2. The molecule has 0 fully saturated rings. The maximum Gasteiger partial charge on any atom is 0.223 e. The molecule has 8 heteroatoms. The van der Waals surface area contributed by atoms with Crippen molar-refractivity contribution in [3.05, 3.63) is 24.3 Å². The van der Waals surface area contributed by atoms with Crippen molar-refractivity contribution < 1.29 is 8.42 Å². The number of hydrogen-bond acceptors (Lipinski definition) is 3. The molecule has 1 aromatic carbocycles. The third kappa shape index (κ3) is 4.59. The Hall–Kier alpha value is -2.09. The lowest BCUT2D eigenvalue weighted by Gasteiger charge is -2.03. The molecule has 0 aliphatic heterocycles. The first-order chi connectivity index (χ1) is 8.85. The van der Waals surface area contributed by atoms with Gasteiger partial charge in [-0.2, -0.15) is 4.99 Å². The third-order valence-corrected chi connectivity index (χ3v) is 4.09. The third-order valence-electron chi connectivity index (χ3n) is 2.16. The Morgan fingerprint density at radius 1 is 1.16 bits per heavy atom. The van der Waals surface area contributed by atoms with E-state index in [9.17, 15) is 8.42 Å². The van der Waals surface area contributed by atoms with Crippen molar-refractivity contribution in [2.24, 2.45) is 27.2 Å². The second kappa shape index (κ2) is 6.19. The normalized spacial score (nSPS) is 12.2. The van der Waals surface area contributed by atoms with Crippen LogP contribution in [0.3, 0.4) is 0 Å². The second-order valence-corrected chi connectivity index (χ2v) is 5.93. The van der Waals surface area contributed by atoms with Crippen LogP contribution in [0.4, 0.5) is 5.69 Å². The number of aliphatic imine (C=N–C) groups is 2. The van der Waals surface area contributed by atoms with Gasteiger partial charge < -0.3 is 17.2 Å². The predicted octanol–water partition coefficient (Wildman–Crippen LogP) is 0.0899. The molecule has 0 unspecified atom stereocenters. The van der Waals surface area contributed by atoms with Gasteiger partial charge in [0.1, 0.15) is 0 Å². The van der Waals surface area contributed by atoms with Crippen LogP contribution in [-0.2, 0) is 9.84 Å². The van der Waals surface area contributed by atoms with Gasteiger partial charge in [-0.1, -0.05) is 6.92 Å². The Kier molecular flexibility index (Phi) is 4.87. The van der Waals surface area contributed by atoms with Gasteiger partial charge in [-0.05, 0) is 30.7 Å². The van der Waals surface area contributed by atoms with Crippen LogP contribution in [-0.4, -0.2) is 26.1 Å². The summed E-state index contributed by atoms with van der Waals surface area (Å²) >= 11 is 0. The van der Waals surface area contributed by atoms with E-state index in [0.29, 0.717) is 12.1 Å². The summed E-state index contributed by atoms with van der Waals surface area (Å²) in [5, 5.41) is 0. The lowest BCUT2D eigenvalue weighted by atomic mass is 10.3. The molecule has 0 radical (unpaired) electrons. The molecule has 7 nitrogen and oxygen atoms in total. The van der Waals surface area contributed by atoms with Gasteiger partial charge in [-0.25, -0.2) is 13.4 Å². The molecule has 0 atom stereocenters. The summed E-state index contributed by atoms with van der Waals surface area (Å²) in [5.41, 5.74) is 16.2. The van der Waals surface area contributed by atoms with Crippen molar-refractivity contribution in [3.63, 3.8) is 0 Å². The largest absolute Gasteiger partial charge is 0.370 e. The molecule has 0 aliphatic rings. The number of nitrogens with two attached hydrogens (primary N) is 3. The van der Waals surface area contributed by atoms with Gasteiger partial charge in [0.15, 0.2) is 15.8 Å². The number of sulfone groups is 1. The van der Waals surface area contributed by atoms with Gasteiger partial charge in [0, 0.05) is 0 Å². The van der Waals surface area contributed by atoms with Crippen molar-refractivity contribution in [3.8, 4) is 0 Å². The van der Waals surface area contributed by atoms with E-state index in [1.54, 1.807) is 0 Å². The van der Waals surface area contributed by atoms with Gasteiger partial charge in [0.2, 0.25) is 5.96 Å². The van der Waals surface area contributed by atoms with Crippen LogP contribution in [0.1, 0.15) is 13.3 Å². The Bertz CT molecular complexity index is 586. The summed E-state index contributed by atoms with van der Waals surface area (Å²) in [4.78, 5) is 7.73. The van der Waals surface area contributed by atoms with Crippen LogP contribution in [0.5, 0.6) is 0 Å². The van der Waals surface area contributed by atoms with E-state index in [0.717, 1.165) is 0 Å². The van der Waals surface area contributed by atoms with Gasteiger partial charge in [0.25, 0.3) is 0 Å². The standard InChI is InChI=1S/C11H17N5O2S/c1-2-7-19(17,18)9-5-3-8(4-6-9)15-11(14)16-10(12)13/h3-6H,2,7H2,1H3,(H6,12,13,14,15,16). The molecule has 0 spiro atoms. The minimum atomic E-state index is -3.22. The van der Waals surface area contributed by atoms with Crippen LogP contribution >= 0.6 is 0 Å². The summed E-state index contributed by atoms with van der Waals surface area (Å²) in [6.07, 6.45) is 0.569. The molecule has 0 saturated carbocycles. The highest BCUT2D eigenvalue weighted by molar-refractivity contribution is 7.91. The summed E-state index contributed by atoms with van der Waals surface area (Å²) < 4.78 is 23.6. The molecule has 104 valence electrons. The number of benzene rings is 1. The fourth-order valence-corrected chi connectivity index (χ4v) is 2.73. The second-order valence-electron chi connectivity index (χ2n) is 3.82. The monoisotopic (exact) mass is 283 g/mol. The van der Waals surface area contributed by atoms with Crippen molar-refractivity contribution in [1.29, 1.82) is 0 Å². The van der Waals surface area contributed by atoms with Crippen molar-refractivity contribution in [1.82, 2.24) is 0 Å². The van der Waals surface area contributed by atoms with E-state index >= 15 is 0 Å². The molecule has 0 amide bonds. The molecule has 0 saturated heterocycles. The Labute approximate surface area is 112 Å². The molecule has 19 heavy (non-hydrogen) atoms. The van der Waals surface area contributed by atoms with Gasteiger partial charge >= 0.3 is 0 Å². The Morgan fingerprint density at radius 2 is 1.74 bits per heavy atom. The minimum Gasteiger partial charge on any atom is -0.370 e. The highest BCUT2D eigenvalue weighted by Gasteiger charge is 2.12. The smallest absolute Gasteiger partial charge is 0.223 e. The van der Waals surface area contributed by atoms with Crippen molar-refractivity contribution >= 4 is 27.4 Å². The highest BCUT2D eigenvalue weighted by atomic mass is 32.2. The van der Waals surface area contributed by atoms with Crippen LogP contribution in [0.15, 0.2) is 39.1 Å². The van der Waals surface area contributed by atoms with E-state index in [1.807, 2.05) is 6.92 Å². The molecular formula is C11H17N5O2S. The molecule has 1 rings (SSSR count). The minimum absolute atomic E-state index is 0.0934. The average molecular weight is 283 g/mol. The summed E-state index contributed by atoms with van der Waals surface area (Å²) in [5.74, 6) is -0.168. The topological polar surface area (TPSA) is 137 Å². The zero-order valence-electron chi connectivity index (χ0n) is 10.6. The summed E-state index contributed by atoms with van der Waals surface area (Å²) in [6.45, 7) is 1.81. The summed E-state index contributed by atoms with van der Waals surface area (Å²) in [7, 11) is -3.22. The maximum atomic E-state index is 11.8. The van der Waals surface area contributed by atoms with Gasteiger partial charge in [-0.15, -0.1) is 0 Å². The molecular weight excluding hydrogens is 266 g/mol. The Balaban J connectivity index is 2.98. The van der Waals surface area contributed by atoms with Crippen molar-refractivity contribution in [2.75, 3.05) is 5.75 Å². The molecule has 6 N–H and O–H groups in total. The lowest BCUT2D eigenvalue weighted by molar-refractivity contribution is 0.595. The van der Waals surface area contributed by atoms with Gasteiger partial charge in [0.05, 0.1) is 16.3 Å². The number of guanidine groups is 2. The van der Waals surface area contributed by atoms with Crippen LogP contribution in [0.25, 0.3) is 0 Å². The van der Waals surface area contributed by atoms with Crippen LogP contribution < -0.4 is 17.2 Å². The first-order valence-electron chi connectivity index (χ1n) is 5.62. The fourth-order valence-electron chi connectivity index (χ4n) is 1.40. The SMILES string of the molecule is CCCS(=O)(=O)c1ccc(N=C(N)N=C(N)N)cc1. The lowest BCUT2D eigenvalue weighted by Crippen LogP contribution is -2.26. The molecule has 1 aromatic rings. The Morgan fingerprint density at radius 3 is 2.21 bits per heavy atom. The maximum absolute atomic E-state index is 11.8. The van der Waals surface area contributed by atoms with Gasteiger partial charge in [-0.3, -0.25) is 0 Å². The molecule has 0 bridgehead atoms. The van der Waals surface area contributed by atoms with Crippen molar-refractivity contribution in [2.45, 2.75) is 18.2 Å². The summed E-state index contributed by atoms with van der Waals surface area (Å²) in [6, 6.07) is 6.04. The zero-order valence-corrected chi connectivity index (χ0v) is 11.4. The fraction of sp³-hybridized carbons (Fsp3) is 0.273. The first kappa shape index (κ1) is 15.0. The number of rotatable bonds is 4. The molecule has 0 aliphatic carbocycles. The molecule has 0 aromatic heterocycles. The van der Waals surface area contributed by atoms with Crippen LogP contribution in [0, 0.1) is 0 Å². The van der Waals surface area contributed by atoms with Crippen LogP contribution in [0.2, 0.25) is 0 Å². The highest BCUT2D eigenvalue weighted by Crippen LogP contribution is 2.18. The van der Waals surface area contributed by atoms with E-state index in [4.69, 9.17) is 17.2 Å². The predicted molar refractivity (Wildman–Crippen MR) is 75.9 cm³/mol. The quantitative estimate of drug-likeness (QED) is 0.531. The number of hydrogen-bond donors (Lipinski definition) is 3. The zero-order chi connectivity index (χ0) is 14.5. The van der Waals surface area contributed by atoms with E-state index < -0.39 is 9.84 Å².